The Morgan fingerprint density at radius 2 is 1.81 bits per heavy atom. The van der Waals surface area contributed by atoms with E-state index in [0.717, 1.165) is 16.9 Å². The van der Waals surface area contributed by atoms with Crippen LogP contribution in [0.3, 0.4) is 0 Å². The van der Waals surface area contributed by atoms with Gasteiger partial charge in [0.2, 0.25) is 0 Å². The molecule has 2 heterocycles. The molecule has 4 rings (SSSR count). The molecule has 0 fully saturated rings. The van der Waals surface area contributed by atoms with Crippen LogP contribution in [0.1, 0.15) is 29.3 Å². The van der Waals surface area contributed by atoms with E-state index in [2.05, 4.69) is 4.98 Å². The fourth-order valence-corrected chi connectivity index (χ4v) is 3.80. The molecule has 0 atom stereocenters. The number of carbonyl (C=O) groups excluding carboxylic acids is 2. The van der Waals surface area contributed by atoms with E-state index in [-0.39, 0.29) is 30.2 Å². The molecule has 3 N–H and O–H groups in total. The second-order valence-electron chi connectivity index (χ2n) is 7.99. The molecule has 1 aliphatic rings. The molecule has 0 aliphatic carbocycles. The molecule has 1 aliphatic heterocycles. The van der Waals surface area contributed by atoms with Gasteiger partial charge in [-0.15, -0.1) is 0 Å². The van der Waals surface area contributed by atoms with Gasteiger partial charge in [-0.05, 0) is 30.7 Å². The van der Waals surface area contributed by atoms with Crippen LogP contribution in [-0.2, 0) is 16.1 Å². The number of likely N-dealkylation sites (N-methyl/N-ethyl adjacent to an activating group) is 1. The highest BCUT2D eigenvalue weighted by molar-refractivity contribution is 5.98. The van der Waals surface area contributed by atoms with E-state index in [9.17, 15) is 19.2 Å². The number of benzene rings is 2. The third-order valence-electron chi connectivity index (χ3n) is 5.59. The number of rotatable bonds is 7. The van der Waals surface area contributed by atoms with Crippen molar-refractivity contribution in [1.29, 1.82) is 0 Å². The summed E-state index contributed by atoms with van der Waals surface area (Å²) in [6.07, 6.45) is 0.719. The SMILES string of the molecule is CCN(C(=O)COC(=O)c1ccc2c(c1)OCCCO2)c1c(N)n(Cc2ccccc2)c(=O)[nH]c1=O. The molecule has 1 amide bonds. The Morgan fingerprint density at radius 1 is 1.08 bits per heavy atom. The summed E-state index contributed by atoms with van der Waals surface area (Å²) in [5.74, 6) is -0.647. The fraction of sp³-hybridized carbons (Fsp3) is 0.280. The summed E-state index contributed by atoms with van der Waals surface area (Å²) in [5.41, 5.74) is 5.45. The van der Waals surface area contributed by atoms with Crippen LogP contribution < -0.4 is 31.4 Å². The summed E-state index contributed by atoms with van der Waals surface area (Å²) in [5, 5.41) is 0. The van der Waals surface area contributed by atoms with Crippen molar-refractivity contribution in [3.05, 3.63) is 80.5 Å². The molecule has 0 radical (unpaired) electrons. The lowest BCUT2D eigenvalue weighted by Gasteiger charge is -2.23. The molecule has 0 unspecified atom stereocenters. The van der Waals surface area contributed by atoms with E-state index in [1.165, 1.54) is 16.7 Å². The van der Waals surface area contributed by atoms with Crippen LogP contribution in [-0.4, -0.2) is 47.8 Å². The number of nitrogens with one attached hydrogen (secondary N) is 1. The highest BCUT2D eigenvalue weighted by atomic mass is 16.5. The lowest BCUT2D eigenvalue weighted by atomic mass is 10.2. The largest absolute Gasteiger partial charge is 0.490 e. The number of nitrogens with zero attached hydrogens (tertiary/aromatic N) is 2. The van der Waals surface area contributed by atoms with E-state index in [1.807, 2.05) is 18.2 Å². The highest BCUT2D eigenvalue weighted by Gasteiger charge is 2.24. The summed E-state index contributed by atoms with van der Waals surface area (Å²) < 4.78 is 17.5. The molecule has 0 saturated heterocycles. The first-order valence-corrected chi connectivity index (χ1v) is 11.4. The molecule has 0 saturated carbocycles. The molecule has 11 nitrogen and oxygen atoms in total. The van der Waals surface area contributed by atoms with Crippen molar-refractivity contribution >= 4 is 23.4 Å². The zero-order valence-corrected chi connectivity index (χ0v) is 19.7. The highest BCUT2D eigenvalue weighted by Crippen LogP contribution is 2.30. The minimum atomic E-state index is -0.814. The first-order chi connectivity index (χ1) is 17.4. The Labute approximate surface area is 206 Å². The number of esters is 1. The Kier molecular flexibility index (Phi) is 7.38. The van der Waals surface area contributed by atoms with Gasteiger partial charge in [-0.1, -0.05) is 30.3 Å². The van der Waals surface area contributed by atoms with Gasteiger partial charge in [0, 0.05) is 13.0 Å². The van der Waals surface area contributed by atoms with E-state index in [4.69, 9.17) is 19.9 Å². The second-order valence-corrected chi connectivity index (χ2v) is 7.99. The number of amides is 1. The Hall–Kier alpha value is -4.54. The zero-order chi connectivity index (χ0) is 25.7. The summed E-state index contributed by atoms with van der Waals surface area (Å²) in [6, 6.07) is 13.7. The maximum absolute atomic E-state index is 13.0. The third-order valence-corrected chi connectivity index (χ3v) is 5.59. The fourth-order valence-electron chi connectivity index (χ4n) is 3.80. The number of carbonyl (C=O) groups is 2. The number of anilines is 2. The maximum atomic E-state index is 13.0. The van der Waals surface area contributed by atoms with Crippen molar-refractivity contribution < 1.29 is 23.8 Å². The first kappa shape index (κ1) is 24.6. The molecule has 1 aromatic heterocycles. The van der Waals surface area contributed by atoms with Crippen molar-refractivity contribution in [2.24, 2.45) is 0 Å². The minimum Gasteiger partial charge on any atom is -0.490 e. The average molecular weight is 495 g/mol. The topological polar surface area (TPSA) is 146 Å². The normalized spacial score (nSPS) is 12.5. The minimum absolute atomic E-state index is 0.0528. The Morgan fingerprint density at radius 3 is 2.53 bits per heavy atom. The predicted molar refractivity (Wildman–Crippen MR) is 132 cm³/mol. The molecule has 2 aromatic carbocycles. The van der Waals surface area contributed by atoms with Crippen molar-refractivity contribution in [3.63, 3.8) is 0 Å². The van der Waals surface area contributed by atoms with Gasteiger partial charge in [0.25, 0.3) is 11.5 Å². The lowest BCUT2D eigenvalue weighted by Crippen LogP contribution is -2.42. The van der Waals surface area contributed by atoms with E-state index in [0.29, 0.717) is 24.7 Å². The molecular formula is C25H26N4O7. The lowest BCUT2D eigenvalue weighted by molar-refractivity contribution is -0.121. The molecule has 36 heavy (non-hydrogen) atoms. The number of aromatic nitrogens is 2. The number of hydrogen-bond donors (Lipinski definition) is 2. The maximum Gasteiger partial charge on any atom is 0.338 e. The zero-order valence-electron chi connectivity index (χ0n) is 19.7. The van der Waals surface area contributed by atoms with Crippen LogP contribution in [0.5, 0.6) is 11.5 Å². The van der Waals surface area contributed by atoms with Crippen molar-refractivity contribution in [2.45, 2.75) is 19.9 Å². The number of fused-ring (bicyclic) bond motifs is 1. The summed E-state index contributed by atoms with van der Waals surface area (Å²) in [4.78, 5) is 53.9. The van der Waals surface area contributed by atoms with E-state index >= 15 is 0 Å². The van der Waals surface area contributed by atoms with Gasteiger partial charge in [0.1, 0.15) is 5.82 Å². The van der Waals surface area contributed by atoms with Gasteiger partial charge in [-0.3, -0.25) is 19.1 Å². The monoisotopic (exact) mass is 494 g/mol. The Balaban J connectivity index is 1.52. The average Bonchev–Trinajstić information content (AvgIpc) is 3.13. The van der Waals surface area contributed by atoms with Gasteiger partial charge in [0.05, 0.1) is 25.3 Å². The summed E-state index contributed by atoms with van der Waals surface area (Å²) in [6.45, 7) is 2.11. The number of nitrogen functional groups attached to an aromatic ring is 1. The molecule has 0 bridgehead atoms. The number of H-pyrrole nitrogens is 1. The van der Waals surface area contributed by atoms with Crippen LogP contribution in [0.4, 0.5) is 11.5 Å². The molecule has 3 aromatic rings. The van der Waals surface area contributed by atoms with E-state index < -0.39 is 29.7 Å². The number of nitrogens with two attached hydrogens (primary N) is 1. The number of aromatic amines is 1. The first-order valence-electron chi connectivity index (χ1n) is 11.4. The van der Waals surface area contributed by atoms with Gasteiger partial charge in [0.15, 0.2) is 23.8 Å². The molecule has 0 spiro atoms. The van der Waals surface area contributed by atoms with Crippen LogP contribution in [0.2, 0.25) is 0 Å². The quantitative estimate of drug-likeness (QED) is 0.471. The van der Waals surface area contributed by atoms with Gasteiger partial charge in [-0.2, -0.15) is 0 Å². The smallest absolute Gasteiger partial charge is 0.338 e. The summed E-state index contributed by atoms with van der Waals surface area (Å²) in [7, 11) is 0. The molecular weight excluding hydrogens is 468 g/mol. The van der Waals surface area contributed by atoms with Crippen LogP contribution in [0.25, 0.3) is 0 Å². The van der Waals surface area contributed by atoms with Crippen molar-refractivity contribution in [1.82, 2.24) is 9.55 Å². The van der Waals surface area contributed by atoms with Crippen molar-refractivity contribution in [2.75, 3.05) is 37.0 Å². The summed E-state index contributed by atoms with van der Waals surface area (Å²) >= 11 is 0. The van der Waals surface area contributed by atoms with Crippen LogP contribution in [0, 0.1) is 0 Å². The van der Waals surface area contributed by atoms with Gasteiger partial charge in [-0.25, -0.2) is 9.59 Å². The third kappa shape index (κ3) is 5.24. The predicted octanol–water partition coefficient (Wildman–Crippen LogP) is 1.54. The van der Waals surface area contributed by atoms with Crippen LogP contribution in [0.15, 0.2) is 58.1 Å². The standard InChI is InChI=1S/C25H26N4O7/c1-2-28(21-22(26)29(25(33)27-23(21)31)14-16-7-4-3-5-8-16)20(30)15-36-24(32)17-9-10-18-19(13-17)35-12-6-11-34-18/h3-5,7-10,13H,2,6,11-12,14-15,26H2,1H3,(H,27,31,33). The van der Waals surface area contributed by atoms with Crippen molar-refractivity contribution in [3.8, 4) is 11.5 Å². The van der Waals surface area contributed by atoms with E-state index in [1.54, 1.807) is 25.1 Å². The molecule has 11 heteroatoms. The Bertz CT molecular complexity index is 1380. The second kappa shape index (κ2) is 10.8. The van der Waals surface area contributed by atoms with Gasteiger partial charge >= 0.3 is 11.7 Å². The number of ether oxygens (including phenoxy) is 3. The van der Waals surface area contributed by atoms with Crippen LogP contribution >= 0.6 is 0 Å². The number of hydrogen-bond acceptors (Lipinski definition) is 8. The van der Waals surface area contributed by atoms with Gasteiger partial charge < -0.3 is 24.8 Å². The molecule has 188 valence electrons.